The molecule has 8 heteroatoms. The number of amides is 2. The number of nitrogens with one attached hydrogen (secondary N) is 2. The normalized spacial score (nSPS) is 13.0. The Bertz CT molecular complexity index is 298. The van der Waals surface area contributed by atoms with Gasteiger partial charge in [-0.25, -0.2) is 4.79 Å². The summed E-state index contributed by atoms with van der Waals surface area (Å²) in [5.41, 5.74) is -0.723. The van der Waals surface area contributed by atoms with Crippen molar-refractivity contribution in [2.24, 2.45) is 0 Å². The van der Waals surface area contributed by atoms with Gasteiger partial charge in [0.2, 0.25) is 5.91 Å². The van der Waals surface area contributed by atoms with Gasteiger partial charge in [0.15, 0.2) is 0 Å². The number of rotatable bonds is 6. The second-order valence-corrected chi connectivity index (χ2v) is 4.95. The number of aliphatic hydroxyl groups is 3. The standard InChI is InChI=1S/C11H22N2O6/c1-11(2,3)19-10(18)13-8(6-16)9(17)12-7(4-14)5-15/h7-8,14-16H,4-6H2,1-3H3,(H,12,17)(H,13,18)/t8-/m0/s1. The van der Waals surface area contributed by atoms with Gasteiger partial charge in [-0.05, 0) is 20.8 Å². The van der Waals surface area contributed by atoms with Gasteiger partial charge in [0.25, 0.3) is 0 Å². The minimum atomic E-state index is -1.21. The lowest BCUT2D eigenvalue weighted by Crippen LogP contribution is -2.53. The molecule has 0 fully saturated rings. The second kappa shape index (κ2) is 7.93. The smallest absolute Gasteiger partial charge is 0.408 e. The van der Waals surface area contributed by atoms with E-state index in [1.807, 2.05) is 0 Å². The summed E-state index contributed by atoms with van der Waals surface area (Å²) in [6.07, 6.45) is -0.841. The number of hydrogen-bond acceptors (Lipinski definition) is 6. The maximum absolute atomic E-state index is 11.6. The Labute approximate surface area is 111 Å². The van der Waals surface area contributed by atoms with Crippen LogP contribution in [0.5, 0.6) is 0 Å². The van der Waals surface area contributed by atoms with E-state index in [1.165, 1.54) is 0 Å². The van der Waals surface area contributed by atoms with Gasteiger partial charge in [-0.3, -0.25) is 4.79 Å². The molecule has 0 aliphatic rings. The predicted octanol–water partition coefficient (Wildman–Crippen LogP) is -1.66. The van der Waals surface area contributed by atoms with Gasteiger partial charge in [0, 0.05) is 0 Å². The number of aliphatic hydroxyl groups excluding tert-OH is 3. The number of carbonyl (C=O) groups excluding carboxylic acids is 2. The Hall–Kier alpha value is -1.38. The Morgan fingerprint density at radius 3 is 1.95 bits per heavy atom. The number of carbonyl (C=O) groups is 2. The summed E-state index contributed by atoms with van der Waals surface area (Å²) in [6.45, 7) is 3.45. The van der Waals surface area contributed by atoms with Crippen LogP contribution in [-0.4, -0.2) is 64.8 Å². The van der Waals surface area contributed by atoms with Gasteiger partial charge in [0.05, 0.1) is 25.9 Å². The average Bonchev–Trinajstić information content (AvgIpc) is 2.30. The predicted molar refractivity (Wildman–Crippen MR) is 66.3 cm³/mol. The average molecular weight is 278 g/mol. The monoisotopic (exact) mass is 278 g/mol. The van der Waals surface area contributed by atoms with Crippen LogP contribution in [-0.2, 0) is 9.53 Å². The molecule has 0 heterocycles. The summed E-state index contributed by atoms with van der Waals surface area (Å²) in [6, 6.07) is -2.06. The molecule has 0 bridgehead atoms. The molecule has 19 heavy (non-hydrogen) atoms. The van der Waals surface area contributed by atoms with Crippen molar-refractivity contribution in [1.29, 1.82) is 0 Å². The summed E-state index contributed by atoms with van der Waals surface area (Å²) in [4.78, 5) is 23.1. The van der Waals surface area contributed by atoms with E-state index < -0.39 is 49.5 Å². The number of hydrogen-bond donors (Lipinski definition) is 5. The molecule has 0 radical (unpaired) electrons. The summed E-state index contributed by atoms with van der Waals surface area (Å²) in [7, 11) is 0. The molecule has 2 amide bonds. The zero-order chi connectivity index (χ0) is 15.1. The Morgan fingerprint density at radius 1 is 1.05 bits per heavy atom. The van der Waals surface area contributed by atoms with Crippen molar-refractivity contribution < 1.29 is 29.6 Å². The molecule has 0 rings (SSSR count). The zero-order valence-electron chi connectivity index (χ0n) is 11.3. The SMILES string of the molecule is CC(C)(C)OC(=O)N[C@@H](CO)C(=O)NC(CO)CO. The molecule has 0 saturated carbocycles. The van der Waals surface area contributed by atoms with Crippen LogP contribution in [0.4, 0.5) is 4.79 Å². The van der Waals surface area contributed by atoms with E-state index in [1.54, 1.807) is 20.8 Å². The van der Waals surface area contributed by atoms with E-state index >= 15 is 0 Å². The highest BCUT2D eigenvalue weighted by molar-refractivity contribution is 5.86. The van der Waals surface area contributed by atoms with Crippen LogP contribution in [0.3, 0.4) is 0 Å². The van der Waals surface area contributed by atoms with Crippen molar-refractivity contribution in [3.05, 3.63) is 0 Å². The van der Waals surface area contributed by atoms with Crippen molar-refractivity contribution in [2.75, 3.05) is 19.8 Å². The lowest BCUT2D eigenvalue weighted by Gasteiger charge is -2.23. The van der Waals surface area contributed by atoms with Crippen molar-refractivity contribution in [2.45, 2.75) is 38.5 Å². The molecule has 0 aromatic rings. The fourth-order valence-electron chi connectivity index (χ4n) is 1.09. The number of ether oxygens (including phenoxy) is 1. The molecule has 0 aliphatic carbocycles. The first kappa shape index (κ1) is 17.6. The van der Waals surface area contributed by atoms with Crippen molar-refractivity contribution >= 4 is 12.0 Å². The summed E-state index contributed by atoms with van der Waals surface area (Å²) in [5, 5.41) is 31.1. The molecular formula is C11H22N2O6. The first-order valence-corrected chi connectivity index (χ1v) is 5.86. The van der Waals surface area contributed by atoms with Gasteiger partial charge in [0.1, 0.15) is 11.6 Å². The van der Waals surface area contributed by atoms with Crippen LogP contribution in [0.15, 0.2) is 0 Å². The Kier molecular flexibility index (Phi) is 7.35. The van der Waals surface area contributed by atoms with Crippen LogP contribution in [0.1, 0.15) is 20.8 Å². The van der Waals surface area contributed by atoms with E-state index in [-0.39, 0.29) is 0 Å². The Morgan fingerprint density at radius 2 is 1.58 bits per heavy atom. The van der Waals surface area contributed by atoms with Gasteiger partial charge in [-0.15, -0.1) is 0 Å². The van der Waals surface area contributed by atoms with Gasteiger partial charge in [-0.1, -0.05) is 0 Å². The van der Waals surface area contributed by atoms with Crippen molar-refractivity contribution in [3.63, 3.8) is 0 Å². The quantitative estimate of drug-likeness (QED) is 0.396. The molecular weight excluding hydrogens is 256 g/mol. The maximum atomic E-state index is 11.6. The third kappa shape index (κ3) is 7.60. The van der Waals surface area contributed by atoms with Gasteiger partial charge >= 0.3 is 6.09 Å². The van der Waals surface area contributed by atoms with Gasteiger partial charge in [-0.2, -0.15) is 0 Å². The molecule has 0 saturated heterocycles. The highest BCUT2D eigenvalue weighted by atomic mass is 16.6. The zero-order valence-corrected chi connectivity index (χ0v) is 11.3. The summed E-state index contributed by atoms with van der Waals surface area (Å²) in [5.74, 6) is -0.721. The van der Waals surface area contributed by atoms with Crippen LogP contribution < -0.4 is 10.6 Å². The molecule has 0 unspecified atom stereocenters. The van der Waals surface area contributed by atoms with E-state index in [0.29, 0.717) is 0 Å². The maximum Gasteiger partial charge on any atom is 0.408 e. The lowest BCUT2D eigenvalue weighted by molar-refractivity contribution is -0.125. The minimum Gasteiger partial charge on any atom is -0.444 e. The molecule has 5 N–H and O–H groups in total. The van der Waals surface area contributed by atoms with E-state index in [0.717, 1.165) is 0 Å². The highest BCUT2D eigenvalue weighted by Gasteiger charge is 2.25. The van der Waals surface area contributed by atoms with Crippen molar-refractivity contribution in [3.8, 4) is 0 Å². The topological polar surface area (TPSA) is 128 Å². The summed E-state index contributed by atoms with van der Waals surface area (Å²) >= 11 is 0. The summed E-state index contributed by atoms with van der Waals surface area (Å²) < 4.78 is 4.94. The van der Waals surface area contributed by atoms with Crippen LogP contribution in [0.25, 0.3) is 0 Å². The third-order valence-electron chi connectivity index (χ3n) is 1.98. The fourth-order valence-corrected chi connectivity index (χ4v) is 1.09. The van der Waals surface area contributed by atoms with Crippen LogP contribution in [0, 0.1) is 0 Å². The van der Waals surface area contributed by atoms with Gasteiger partial charge < -0.3 is 30.7 Å². The van der Waals surface area contributed by atoms with Crippen LogP contribution in [0.2, 0.25) is 0 Å². The molecule has 0 spiro atoms. The van der Waals surface area contributed by atoms with Crippen molar-refractivity contribution in [1.82, 2.24) is 10.6 Å². The highest BCUT2D eigenvalue weighted by Crippen LogP contribution is 2.06. The van der Waals surface area contributed by atoms with E-state index in [2.05, 4.69) is 10.6 Å². The first-order valence-electron chi connectivity index (χ1n) is 5.86. The van der Waals surface area contributed by atoms with E-state index in [9.17, 15) is 9.59 Å². The molecule has 8 nitrogen and oxygen atoms in total. The fraction of sp³-hybridized carbons (Fsp3) is 0.818. The number of alkyl carbamates (subject to hydrolysis) is 1. The van der Waals surface area contributed by atoms with E-state index in [4.69, 9.17) is 20.1 Å². The molecule has 112 valence electrons. The lowest BCUT2D eigenvalue weighted by atomic mass is 10.2. The third-order valence-corrected chi connectivity index (χ3v) is 1.98. The largest absolute Gasteiger partial charge is 0.444 e. The molecule has 1 atom stereocenters. The van der Waals surface area contributed by atoms with Crippen LogP contribution >= 0.6 is 0 Å². The Balaban J connectivity index is 4.41. The molecule has 0 aromatic carbocycles. The minimum absolute atomic E-state index is 0.452. The first-order chi connectivity index (χ1) is 8.73. The molecule has 0 aromatic heterocycles. The second-order valence-electron chi connectivity index (χ2n) is 4.95. The molecule has 0 aliphatic heterocycles.